The highest BCUT2D eigenvalue weighted by Gasteiger charge is 2.44. The highest BCUT2D eigenvalue weighted by molar-refractivity contribution is 7.66. The highest BCUT2D eigenvalue weighted by atomic mass is 31.3. The lowest BCUT2D eigenvalue weighted by Gasteiger charge is -2.19. The zero-order valence-corrected chi connectivity index (χ0v) is 14.7. The van der Waals surface area contributed by atoms with E-state index in [-0.39, 0.29) is 0 Å². The molecule has 1 fully saturated rings. The molecule has 0 aromatic carbocycles. The van der Waals surface area contributed by atoms with E-state index in [9.17, 15) is 23.7 Å². The van der Waals surface area contributed by atoms with E-state index in [1.165, 1.54) is 0 Å². The van der Waals surface area contributed by atoms with Crippen LogP contribution in [0, 0.1) is 0 Å². The van der Waals surface area contributed by atoms with E-state index in [2.05, 4.69) is 17.7 Å². The third kappa shape index (κ3) is 6.60. The first-order valence-electron chi connectivity index (χ1n) is 5.99. The predicted octanol–water partition coefficient (Wildman–Crippen LogP) is -0.541. The van der Waals surface area contributed by atoms with Gasteiger partial charge in [-0.1, -0.05) is 0 Å². The SMILES string of the molecule is COP(=O)(O)OP(=O)(O)OP(=O)(O)OC[C@H]1O[C@@H](C)[C@@H](N)C1O. The van der Waals surface area contributed by atoms with Gasteiger partial charge in [0.25, 0.3) is 0 Å². The van der Waals surface area contributed by atoms with Crippen LogP contribution in [0.5, 0.6) is 0 Å². The number of hydrogen-bond donors (Lipinski definition) is 5. The first-order valence-corrected chi connectivity index (χ1v) is 10.5. The molecule has 23 heavy (non-hydrogen) atoms. The van der Waals surface area contributed by atoms with Gasteiger partial charge in [-0.2, -0.15) is 8.62 Å². The van der Waals surface area contributed by atoms with Crippen LogP contribution in [0.4, 0.5) is 0 Å². The number of rotatable bonds is 8. The monoisotopic (exact) mass is 401 g/mol. The Labute approximate surface area is 131 Å². The Kier molecular flexibility index (Phi) is 7.12. The molecular formula is C7H18NO12P3. The van der Waals surface area contributed by atoms with Crippen molar-refractivity contribution in [1.82, 2.24) is 0 Å². The van der Waals surface area contributed by atoms with Gasteiger partial charge in [0.2, 0.25) is 0 Å². The molecule has 1 heterocycles. The molecule has 6 N–H and O–H groups in total. The summed E-state index contributed by atoms with van der Waals surface area (Å²) in [7, 11) is -14.9. The fourth-order valence-electron chi connectivity index (χ4n) is 1.61. The topological polar surface area (TPSA) is 204 Å². The number of aliphatic hydroxyl groups excluding tert-OH is 1. The van der Waals surface area contributed by atoms with Crippen molar-refractivity contribution in [1.29, 1.82) is 0 Å². The van der Waals surface area contributed by atoms with Crippen molar-refractivity contribution in [3.05, 3.63) is 0 Å². The fourth-order valence-corrected chi connectivity index (χ4v) is 4.87. The molecule has 0 aromatic heterocycles. The second kappa shape index (κ2) is 7.67. The van der Waals surface area contributed by atoms with E-state index in [0.717, 1.165) is 0 Å². The Hall–Kier alpha value is 0.290. The van der Waals surface area contributed by atoms with E-state index in [4.69, 9.17) is 20.3 Å². The molecule has 13 nitrogen and oxygen atoms in total. The Morgan fingerprint density at radius 3 is 2.04 bits per heavy atom. The first-order chi connectivity index (χ1) is 10.3. The lowest BCUT2D eigenvalue weighted by Crippen LogP contribution is -2.40. The van der Waals surface area contributed by atoms with Crippen LogP contribution in [0.3, 0.4) is 0 Å². The molecule has 0 spiro atoms. The van der Waals surface area contributed by atoms with Crippen molar-refractivity contribution in [2.24, 2.45) is 5.73 Å². The van der Waals surface area contributed by atoms with Crippen LogP contribution in [0.15, 0.2) is 0 Å². The summed E-state index contributed by atoms with van der Waals surface area (Å²) in [4.78, 5) is 27.3. The number of nitrogens with two attached hydrogens (primary N) is 1. The van der Waals surface area contributed by atoms with Crippen LogP contribution >= 0.6 is 23.5 Å². The van der Waals surface area contributed by atoms with E-state index in [1.54, 1.807) is 6.92 Å². The molecule has 1 aliphatic rings. The first kappa shape index (κ1) is 21.3. The summed E-state index contributed by atoms with van der Waals surface area (Å²) in [6.45, 7) is 0.857. The van der Waals surface area contributed by atoms with Crippen LogP contribution in [0.1, 0.15) is 6.92 Å². The van der Waals surface area contributed by atoms with Gasteiger partial charge in [0.15, 0.2) is 0 Å². The molecular weight excluding hydrogens is 383 g/mol. The Morgan fingerprint density at radius 1 is 1.09 bits per heavy atom. The van der Waals surface area contributed by atoms with Gasteiger partial charge in [0.1, 0.15) is 12.2 Å². The minimum atomic E-state index is -5.46. The van der Waals surface area contributed by atoms with E-state index in [1.807, 2.05) is 0 Å². The summed E-state index contributed by atoms with van der Waals surface area (Å²) in [5.41, 5.74) is 5.57. The summed E-state index contributed by atoms with van der Waals surface area (Å²) in [6, 6.07) is -0.753. The smallest absolute Gasteiger partial charge is 0.389 e. The van der Waals surface area contributed by atoms with Crippen LogP contribution in [0.2, 0.25) is 0 Å². The third-order valence-corrected chi connectivity index (χ3v) is 6.99. The normalized spacial score (nSPS) is 36.1. The molecule has 1 rings (SSSR count). The maximum absolute atomic E-state index is 11.5. The van der Waals surface area contributed by atoms with Crippen LogP contribution in [-0.4, -0.2) is 57.9 Å². The van der Waals surface area contributed by atoms with Gasteiger partial charge in [-0.15, -0.1) is 0 Å². The molecule has 0 amide bonds. The Bertz CT molecular complexity index is 555. The lowest BCUT2D eigenvalue weighted by molar-refractivity contribution is -0.0167. The standard InChI is InChI=1S/C7H18NO12P3/c1-4-6(8)7(9)5(18-4)3-17-22(12,13)20-23(14,15)19-21(10,11)16-2/h4-7,9H,3,8H2,1-2H3,(H,10,11)(H,12,13)(H,14,15)/t4-,5+,6+,7?/m0/s1. The van der Waals surface area contributed by atoms with Gasteiger partial charge in [0.05, 0.1) is 18.8 Å². The fraction of sp³-hybridized carbons (Fsp3) is 1.00. The average molecular weight is 401 g/mol. The molecule has 0 aliphatic carbocycles. The average Bonchev–Trinajstić information content (AvgIpc) is 2.61. The van der Waals surface area contributed by atoms with Gasteiger partial charge in [-0.3, -0.25) is 9.05 Å². The second-order valence-corrected chi connectivity index (χ2v) is 9.24. The molecule has 0 aromatic rings. The molecule has 1 saturated heterocycles. The quantitative estimate of drug-likeness (QED) is 0.325. The van der Waals surface area contributed by atoms with Crippen molar-refractivity contribution in [3.8, 4) is 0 Å². The van der Waals surface area contributed by atoms with Crippen molar-refractivity contribution >= 4 is 23.5 Å². The molecule has 7 atom stereocenters. The molecule has 16 heteroatoms. The highest BCUT2D eigenvalue weighted by Crippen LogP contribution is 2.67. The third-order valence-electron chi connectivity index (χ3n) is 2.75. The van der Waals surface area contributed by atoms with E-state index < -0.39 is 54.4 Å². The van der Waals surface area contributed by atoms with Gasteiger partial charge >= 0.3 is 23.5 Å². The molecule has 138 valence electrons. The summed E-state index contributed by atoms with van der Waals surface area (Å²) >= 11 is 0. The minimum absolute atomic E-state index is 0.549. The maximum Gasteiger partial charge on any atom is 0.490 e. The van der Waals surface area contributed by atoms with Crippen molar-refractivity contribution in [2.45, 2.75) is 31.3 Å². The second-order valence-electron chi connectivity index (χ2n) is 4.49. The van der Waals surface area contributed by atoms with Crippen LogP contribution in [0.25, 0.3) is 0 Å². The van der Waals surface area contributed by atoms with Gasteiger partial charge < -0.3 is 30.3 Å². The van der Waals surface area contributed by atoms with Gasteiger partial charge in [-0.05, 0) is 6.92 Å². The molecule has 0 radical (unpaired) electrons. The Balaban J connectivity index is 2.61. The lowest BCUT2D eigenvalue weighted by atomic mass is 10.1. The summed E-state index contributed by atoms with van der Waals surface area (Å²) < 4.78 is 54.8. The molecule has 0 bridgehead atoms. The zero-order chi connectivity index (χ0) is 18.1. The maximum atomic E-state index is 11.5. The molecule has 4 unspecified atom stereocenters. The molecule has 1 aliphatic heterocycles. The van der Waals surface area contributed by atoms with Crippen molar-refractivity contribution < 1.29 is 55.9 Å². The van der Waals surface area contributed by atoms with Gasteiger partial charge in [0, 0.05) is 7.11 Å². The van der Waals surface area contributed by atoms with Crippen molar-refractivity contribution in [3.63, 3.8) is 0 Å². The number of ether oxygens (including phenoxy) is 1. The largest absolute Gasteiger partial charge is 0.490 e. The van der Waals surface area contributed by atoms with Crippen LogP contribution in [-0.2, 0) is 36.1 Å². The summed E-state index contributed by atoms with van der Waals surface area (Å²) in [6.07, 6.45) is -2.83. The minimum Gasteiger partial charge on any atom is -0.389 e. The van der Waals surface area contributed by atoms with Gasteiger partial charge in [-0.25, -0.2) is 13.7 Å². The number of phosphoric ester groups is 2. The number of phosphoric acid groups is 3. The predicted molar refractivity (Wildman–Crippen MR) is 72.9 cm³/mol. The van der Waals surface area contributed by atoms with E-state index >= 15 is 0 Å². The summed E-state index contributed by atoms with van der Waals surface area (Å²) in [5, 5.41) is 9.68. The Morgan fingerprint density at radius 2 is 1.61 bits per heavy atom. The van der Waals surface area contributed by atoms with Crippen LogP contribution < -0.4 is 5.73 Å². The number of hydrogen-bond acceptors (Lipinski definition) is 10. The zero-order valence-electron chi connectivity index (χ0n) is 12.0. The summed E-state index contributed by atoms with van der Waals surface area (Å²) in [5.74, 6) is 0. The number of aliphatic hydroxyl groups is 1. The van der Waals surface area contributed by atoms with E-state index in [0.29, 0.717) is 7.11 Å². The molecule has 0 saturated carbocycles. The van der Waals surface area contributed by atoms with Crippen molar-refractivity contribution in [2.75, 3.05) is 13.7 Å².